The van der Waals surface area contributed by atoms with Crippen LogP contribution in [0.1, 0.15) is 43.7 Å². The number of hydrogen-bond donors (Lipinski definition) is 0. The Bertz CT molecular complexity index is 655. The highest BCUT2D eigenvalue weighted by Crippen LogP contribution is 2.59. The standard InChI is InChI=1S/C23H26O/c1-23(2,3)24-22-18-14-15-19(22)21(17-12-8-5-9-13-17)20(18)16-10-6-4-7-11-16/h4-15,18-22H,1-3H3. The van der Waals surface area contributed by atoms with E-state index in [2.05, 4.69) is 93.6 Å². The monoisotopic (exact) mass is 318 g/mol. The van der Waals surface area contributed by atoms with Crippen molar-refractivity contribution in [3.63, 3.8) is 0 Å². The highest BCUT2D eigenvalue weighted by Gasteiger charge is 2.54. The molecule has 1 nitrogen and oxygen atoms in total. The molecule has 0 spiro atoms. The van der Waals surface area contributed by atoms with Crippen molar-refractivity contribution in [3.8, 4) is 0 Å². The predicted octanol–water partition coefficient (Wildman–Crippen LogP) is 5.55. The molecular formula is C23H26O. The molecule has 0 heterocycles. The van der Waals surface area contributed by atoms with Gasteiger partial charge in [0.2, 0.25) is 0 Å². The molecule has 2 aromatic carbocycles. The van der Waals surface area contributed by atoms with Crippen LogP contribution in [0.4, 0.5) is 0 Å². The van der Waals surface area contributed by atoms with Crippen LogP contribution in [-0.4, -0.2) is 11.7 Å². The van der Waals surface area contributed by atoms with E-state index in [9.17, 15) is 0 Å². The third-order valence-electron chi connectivity index (χ3n) is 5.39. The number of benzene rings is 2. The van der Waals surface area contributed by atoms with Crippen LogP contribution in [0.15, 0.2) is 72.8 Å². The molecule has 4 atom stereocenters. The van der Waals surface area contributed by atoms with Gasteiger partial charge in [0.15, 0.2) is 0 Å². The second-order valence-corrected chi connectivity index (χ2v) is 8.11. The average Bonchev–Trinajstić information content (AvgIpc) is 3.09. The van der Waals surface area contributed by atoms with Gasteiger partial charge in [0.1, 0.15) is 0 Å². The zero-order valence-corrected chi connectivity index (χ0v) is 14.7. The summed E-state index contributed by atoms with van der Waals surface area (Å²) in [7, 11) is 0. The highest BCUT2D eigenvalue weighted by atomic mass is 16.5. The SMILES string of the molecule is CC(C)(C)OC1C2C=CC1C(c1ccccc1)C2c1ccccc1. The lowest BCUT2D eigenvalue weighted by Gasteiger charge is -2.28. The summed E-state index contributed by atoms with van der Waals surface area (Å²) in [6.45, 7) is 6.50. The van der Waals surface area contributed by atoms with Gasteiger partial charge in [0, 0.05) is 23.7 Å². The summed E-state index contributed by atoms with van der Waals surface area (Å²) in [5.74, 6) is 1.91. The summed E-state index contributed by atoms with van der Waals surface area (Å²) in [6, 6.07) is 22.0. The van der Waals surface area contributed by atoms with Gasteiger partial charge in [-0.05, 0) is 31.9 Å². The van der Waals surface area contributed by atoms with Crippen LogP contribution in [0.25, 0.3) is 0 Å². The molecule has 0 amide bonds. The van der Waals surface area contributed by atoms with Crippen molar-refractivity contribution < 1.29 is 4.74 Å². The number of rotatable bonds is 3. The van der Waals surface area contributed by atoms with Gasteiger partial charge in [-0.25, -0.2) is 0 Å². The summed E-state index contributed by atoms with van der Waals surface area (Å²) >= 11 is 0. The van der Waals surface area contributed by atoms with E-state index >= 15 is 0 Å². The van der Waals surface area contributed by atoms with Gasteiger partial charge < -0.3 is 4.74 Å². The van der Waals surface area contributed by atoms with E-state index in [-0.39, 0.29) is 11.7 Å². The Morgan fingerprint density at radius 3 is 1.46 bits per heavy atom. The quantitative estimate of drug-likeness (QED) is 0.674. The van der Waals surface area contributed by atoms with Gasteiger partial charge in [-0.3, -0.25) is 0 Å². The summed E-state index contributed by atoms with van der Waals surface area (Å²) in [4.78, 5) is 0. The summed E-state index contributed by atoms with van der Waals surface area (Å²) in [5, 5.41) is 0. The van der Waals surface area contributed by atoms with Gasteiger partial charge in [-0.15, -0.1) is 0 Å². The summed E-state index contributed by atoms with van der Waals surface area (Å²) in [5.41, 5.74) is 2.76. The molecule has 4 rings (SSSR count). The molecule has 2 bridgehead atoms. The van der Waals surface area contributed by atoms with E-state index in [1.165, 1.54) is 11.1 Å². The van der Waals surface area contributed by atoms with Crippen molar-refractivity contribution in [1.29, 1.82) is 0 Å². The van der Waals surface area contributed by atoms with Crippen LogP contribution in [0, 0.1) is 11.8 Å². The Morgan fingerprint density at radius 1 is 0.667 bits per heavy atom. The van der Waals surface area contributed by atoms with Gasteiger partial charge >= 0.3 is 0 Å². The molecule has 2 aliphatic rings. The maximum absolute atomic E-state index is 6.53. The molecule has 2 aliphatic carbocycles. The molecular weight excluding hydrogens is 292 g/mol. The lowest BCUT2D eigenvalue weighted by molar-refractivity contribution is -0.0768. The maximum Gasteiger partial charge on any atom is 0.0719 e. The van der Waals surface area contributed by atoms with Crippen LogP contribution in [0.2, 0.25) is 0 Å². The topological polar surface area (TPSA) is 9.23 Å². The minimum Gasteiger partial charge on any atom is -0.371 e. The van der Waals surface area contributed by atoms with Crippen LogP contribution in [0.5, 0.6) is 0 Å². The largest absolute Gasteiger partial charge is 0.371 e. The fraction of sp³-hybridized carbons (Fsp3) is 0.391. The third-order valence-corrected chi connectivity index (χ3v) is 5.39. The summed E-state index contributed by atoms with van der Waals surface area (Å²) < 4.78 is 6.53. The van der Waals surface area contributed by atoms with Gasteiger partial charge in [-0.2, -0.15) is 0 Å². The van der Waals surface area contributed by atoms with Crippen molar-refractivity contribution in [2.75, 3.05) is 0 Å². The first kappa shape index (κ1) is 15.7. The van der Waals surface area contributed by atoms with Gasteiger partial charge in [-0.1, -0.05) is 72.8 Å². The molecule has 1 fully saturated rings. The normalized spacial score (nSPS) is 31.5. The van der Waals surface area contributed by atoms with Crippen molar-refractivity contribution >= 4 is 0 Å². The number of ether oxygens (including phenoxy) is 1. The molecule has 4 unspecified atom stereocenters. The fourth-order valence-electron chi connectivity index (χ4n) is 4.63. The Labute approximate surface area is 145 Å². The average molecular weight is 318 g/mol. The zero-order chi connectivity index (χ0) is 16.7. The molecule has 0 N–H and O–H groups in total. The van der Waals surface area contributed by atoms with Gasteiger partial charge in [0.05, 0.1) is 11.7 Å². The predicted molar refractivity (Wildman–Crippen MR) is 99.1 cm³/mol. The Balaban J connectivity index is 1.76. The van der Waals surface area contributed by atoms with E-state index < -0.39 is 0 Å². The van der Waals surface area contributed by atoms with E-state index in [1.807, 2.05) is 0 Å². The molecule has 124 valence electrons. The number of fused-ring (bicyclic) bond motifs is 2. The Hall–Kier alpha value is -1.86. The Morgan fingerprint density at radius 2 is 1.08 bits per heavy atom. The third kappa shape index (κ3) is 2.71. The van der Waals surface area contributed by atoms with Crippen LogP contribution in [0.3, 0.4) is 0 Å². The molecule has 0 aromatic heterocycles. The molecule has 0 aliphatic heterocycles. The van der Waals surface area contributed by atoms with Crippen LogP contribution >= 0.6 is 0 Å². The molecule has 1 heteroatoms. The van der Waals surface area contributed by atoms with Crippen molar-refractivity contribution in [3.05, 3.63) is 83.9 Å². The highest BCUT2D eigenvalue weighted by molar-refractivity contribution is 5.39. The van der Waals surface area contributed by atoms with E-state index in [0.29, 0.717) is 23.7 Å². The van der Waals surface area contributed by atoms with Crippen LogP contribution in [-0.2, 0) is 4.74 Å². The molecule has 0 radical (unpaired) electrons. The number of hydrogen-bond acceptors (Lipinski definition) is 1. The minimum atomic E-state index is -0.111. The van der Waals surface area contributed by atoms with E-state index in [0.717, 1.165) is 0 Å². The fourth-order valence-corrected chi connectivity index (χ4v) is 4.63. The first-order valence-electron chi connectivity index (χ1n) is 9.01. The van der Waals surface area contributed by atoms with E-state index in [4.69, 9.17) is 4.74 Å². The maximum atomic E-state index is 6.53. The van der Waals surface area contributed by atoms with E-state index in [1.54, 1.807) is 0 Å². The molecule has 24 heavy (non-hydrogen) atoms. The lowest BCUT2D eigenvalue weighted by Crippen LogP contribution is -2.31. The zero-order valence-electron chi connectivity index (χ0n) is 14.7. The Kier molecular flexibility index (Phi) is 3.85. The molecule has 1 saturated carbocycles. The molecule has 0 saturated heterocycles. The van der Waals surface area contributed by atoms with Crippen molar-refractivity contribution in [2.24, 2.45) is 11.8 Å². The van der Waals surface area contributed by atoms with Crippen molar-refractivity contribution in [1.82, 2.24) is 0 Å². The van der Waals surface area contributed by atoms with Gasteiger partial charge in [0.25, 0.3) is 0 Å². The lowest BCUT2D eigenvalue weighted by atomic mass is 9.75. The molecule has 2 aromatic rings. The first-order chi connectivity index (χ1) is 11.5. The second kappa shape index (κ2) is 5.89. The summed E-state index contributed by atoms with van der Waals surface area (Å²) in [6.07, 6.45) is 5.08. The van der Waals surface area contributed by atoms with Crippen molar-refractivity contribution in [2.45, 2.75) is 44.3 Å². The second-order valence-electron chi connectivity index (χ2n) is 8.11. The first-order valence-corrected chi connectivity index (χ1v) is 9.01. The van der Waals surface area contributed by atoms with Crippen LogP contribution < -0.4 is 0 Å². The minimum absolute atomic E-state index is 0.111. The smallest absolute Gasteiger partial charge is 0.0719 e.